The molecule has 7 nitrogen and oxygen atoms in total. The van der Waals surface area contributed by atoms with E-state index in [1.807, 2.05) is 30.5 Å². The third kappa shape index (κ3) is 4.83. The predicted octanol–water partition coefficient (Wildman–Crippen LogP) is 2.65. The van der Waals surface area contributed by atoms with E-state index in [0.717, 1.165) is 16.5 Å². The van der Waals surface area contributed by atoms with Crippen LogP contribution in [0.15, 0.2) is 59.6 Å². The summed E-state index contributed by atoms with van der Waals surface area (Å²) in [6.07, 6.45) is 2.15. The fraction of sp³-hybridized carbons (Fsp3) is 0.238. The van der Waals surface area contributed by atoms with Gasteiger partial charge in [-0.25, -0.2) is 8.42 Å². The number of H-pyrrole nitrogens is 1. The molecule has 3 rings (SSSR count). The predicted molar refractivity (Wildman–Crippen MR) is 112 cm³/mol. The highest BCUT2D eigenvalue weighted by Gasteiger charge is 2.22. The second-order valence-corrected chi connectivity index (χ2v) is 9.01. The summed E-state index contributed by atoms with van der Waals surface area (Å²) >= 11 is 0. The topological polar surface area (TPSA) is 108 Å². The minimum absolute atomic E-state index is 0.00787. The van der Waals surface area contributed by atoms with E-state index in [1.165, 1.54) is 31.2 Å². The van der Waals surface area contributed by atoms with Crippen molar-refractivity contribution in [1.82, 2.24) is 10.3 Å². The smallest absolute Gasteiger partial charge is 0.247 e. The number of carbonyl (C=O) groups excluding carboxylic acids is 2. The van der Waals surface area contributed by atoms with Crippen LogP contribution < -0.4 is 10.6 Å². The molecule has 0 saturated heterocycles. The summed E-state index contributed by atoms with van der Waals surface area (Å²) in [5.74, 6) is -0.681. The molecule has 0 bridgehead atoms. The number of benzene rings is 2. The number of hydrogen-bond acceptors (Lipinski definition) is 4. The van der Waals surface area contributed by atoms with Gasteiger partial charge in [0.25, 0.3) is 0 Å². The van der Waals surface area contributed by atoms with E-state index in [4.69, 9.17) is 0 Å². The Morgan fingerprint density at radius 1 is 1.07 bits per heavy atom. The molecule has 1 aromatic heterocycles. The van der Waals surface area contributed by atoms with Gasteiger partial charge in [-0.05, 0) is 35.9 Å². The van der Waals surface area contributed by atoms with Gasteiger partial charge in [0, 0.05) is 36.1 Å². The third-order valence-corrected chi connectivity index (χ3v) is 6.40. The standard InChI is InChI=1S/C21H23N3O4S/c1-3-29(27,28)17-10-8-16(9-11-17)24-21(26)20(23-14(2)25)12-15-13-22-19-7-5-4-6-18(15)19/h4-11,13,20,22H,3,12H2,1-2H3,(H,23,25)(H,24,26). The van der Waals surface area contributed by atoms with E-state index in [9.17, 15) is 18.0 Å². The Morgan fingerprint density at radius 2 is 1.76 bits per heavy atom. The first-order chi connectivity index (χ1) is 13.8. The Bertz CT molecular complexity index is 1130. The molecule has 152 valence electrons. The molecule has 2 aromatic carbocycles. The molecule has 8 heteroatoms. The van der Waals surface area contributed by atoms with E-state index in [1.54, 1.807) is 6.92 Å². The first-order valence-electron chi connectivity index (χ1n) is 9.26. The molecule has 0 aliphatic heterocycles. The first-order valence-corrected chi connectivity index (χ1v) is 10.9. The Labute approximate surface area is 169 Å². The van der Waals surface area contributed by atoms with Gasteiger partial charge in [-0.15, -0.1) is 0 Å². The molecule has 3 aromatic rings. The molecular formula is C21H23N3O4S. The maximum atomic E-state index is 12.8. The number of rotatable bonds is 7. The van der Waals surface area contributed by atoms with E-state index < -0.39 is 15.9 Å². The zero-order chi connectivity index (χ0) is 21.0. The van der Waals surface area contributed by atoms with Crippen molar-refractivity contribution >= 4 is 38.2 Å². The molecule has 3 N–H and O–H groups in total. The van der Waals surface area contributed by atoms with E-state index in [2.05, 4.69) is 15.6 Å². The Hall–Kier alpha value is -3.13. The second kappa shape index (κ2) is 8.48. The average molecular weight is 413 g/mol. The van der Waals surface area contributed by atoms with Gasteiger partial charge in [0.05, 0.1) is 10.6 Å². The van der Waals surface area contributed by atoms with Gasteiger partial charge in [0.2, 0.25) is 11.8 Å². The molecule has 1 unspecified atom stereocenters. The van der Waals surface area contributed by atoms with Crippen LogP contribution in [0, 0.1) is 0 Å². The fourth-order valence-corrected chi connectivity index (χ4v) is 4.00. The number of nitrogens with one attached hydrogen (secondary N) is 3. The highest BCUT2D eigenvalue weighted by molar-refractivity contribution is 7.91. The summed E-state index contributed by atoms with van der Waals surface area (Å²) in [6.45, 7) is 2.94. The van der Waals surface area contributed by atoms with Gasteiger partial charge in [0.15, 0.2) is 9.84 Å². The number of aromatic nitrogens is 1. The zero-order valence-electron chi connectivity index (χ0n) is 16.2. The van der Waals surface area contributed by atoms with Gasteiger partial charge >= 0.3 is 0 Å². The van der Waals surface area contributed by atoms with Crippen LogP contribution in [0.25, 0.3) is 10.9 Å². The molecule has 0 radical (unpaired) electrons. The van der Waals surface area contributed by atoms with Crippen LogP contribution >= 0.6 is 0 Å². The van der Waals surface area contributed by atoms with Crippen molar-refractivity contribution in [2.75, 3.05) is 11.1 Å². The number of amides is 2. The molecule has 0 aliphatic carbocycles. The van der Waals surface area contributed by atoms with Gasteiger partial charge in [-0.3, -0.25) is 9.59 Å². The molecule has 1 heterocycles. The first kappa shape index (κ1) is 20.6. The van der Waals surface area contributed by atoms with Crippen molar-refractivity contribution in [3.63, 3.8) is 0 Å². The third-order valence-electron chi connectivity index (χ3n) is 4.65. The molecule has 1 atom stereocenters. The number of sulfone groups is 1. The summed E-state index contributed by atoms with van der Waals surface area (Å²) < 4.78 is 23.8. The highest BCUT2D eigenvalue weighted by atomic mass is 32.2. The minimum atomic E-state index is -3.30. The lowest BCUT2D eigenvalue weighted by Gasteiger charge is -2.17. The normalized spacial score (nSPS) is 12.5. The zero-order valence-corrected chi connectivity index (χ0v) is 17.0. The highest BCUT2D eigenvalue weighted by Crippen LogP contribution is 2.20. The van der Waals surface area contributed by atoms with Crippen molar-refractivity contribution < 1.29 is 18.0 Å². The molecule has 0 saturated carbocycles. The number of carbonyl (C=O) groups is 2. The minimum Gasteiger partial charge on any atom is -0.361 e. The summed E-state index contributed by atoms with van der Waals surface area (Å²) in [6, 6.07) is 13.0. The summed E-state index contributed by atoms with van der Waals surface area (Å²) in [7, 11) is -3.30. The van der Waals surface area contributed by atoms with Gasteiger partial charge in [-0.2, -0.15) is 0 Å². The van der Waals surface area contributed by atoms with Crippen molar-refractivity contribution in [1.29, 1.82) is 0 Å². The SMILES string of the molecule is CCS(=O)(=O)c1ccc(NC(=O)C(Cc2c[nH]c3ccccc23)NC(C)=O)cc1. The quantitative estimate of drug-likeness (QED) is 0.553. The monoisotopic (exact) mass is 413 g/mol. The summed E-state index contributed by atoms with van der Waals surface area (Å²) in [5.41, 5.74) is 2.33. The lowest BCUT2D eigenvalue weighted by atomic mass is 10.0. The maximum Gasteiger partial charge on any atom is 0.247 e. The van der Waals surface area contributed by atoms with E-state index in [0.29, 0.717) is 12.1 Å². The second-order valence-electron chi connectivity index (χ2n) is 6.73. The van der Waals surface area contributed by atoms with Crippen LogP contribution in [0.1, 0.15) is 19.4 Å². The fourth-order valence-electron chi connectivity index (χ4n) is 3.12. The van der Waals surface area contributed by atoms with Crippen molar-refractivity contribution in [3.8, 4) is 0 Å². The molecule has 0 aliphatic rings. The largest absolute Gasteiger partial charge is 0.361 e. The Morgan fingerprint density at radius 3 is 2.41 bits per heavy atom. The maximum absolute atomic E-state index is 12.8. The molecule has 29 heavy (non-hydrogen) atoms. The molecule has 0 fully saturated rings. The number of fused-ring (bicyclic) bond motifs is 1. The van der Waals surface area contributed by atoms with Gasteiger partial charge in [-0.1, -0.05) is 25.1 Å². The van der Waals surface area contributed by atoms with Gasteiger partial charge in [0.1, 0.15) is 6.04 Å². The number of hydrogen-bond donors (Lipinski definition) is 3. The van der Waals surface area contributed by atoms with Crippen LogP contribution in [0.2, 0.25) is 0 Å². The van der Waals surface area contributed by atoms with Crippen LogP contribution in [0.5, 0.6) is 0 Å². The van der Waals surface area contributed by atoms with Crippen LogP contribution in [-0.2, 0) is 25.8 Å². The van der Waals surface area contributed by atoms with E-state index in [-0.39, 0.29) is 22.5 Å². The summed E-state index contributed by atoms with van der Waals surface area (Å²) in [5, 5.41) is 6.42. The van der Waals surface area contributed by atoms with Crippen LogP contribution in [0.3, 0.4) is 0 Å². The lowest BCUT2D eigenvalue weighted by molar-refractivity contribution is -0.125. The molecular weight excluding hydrogens is 390 g/mol. The van der Waals surface area contributed by atoms with Gasteiger partial charge < -0.3 is 15.6 Å². The van der Waals surface area contributed by atoms with Crippen molar-refractivity contribution in [2.24, 2.45) is 0 Å². The van der Waals surface area contributed by atoms with Crippen molar-refractivity contribution in [3.05, 3.63) is 60.3 Å². The summed E-state index contributed by atoms with van der Waals surface area (Å²) in [4.78, 5) is 27.8. The number of aromatic amines is 1. The number of para-hydroxylation sites is 1. The Balaban J connectivity index is 1.78. The molecule has 0 spiro atoms. The van der Waals surface area contributed by atoms with Crippen LogP contribution in [-0.4, -0.2) is 37.0 Å². The van der Waals surface area contributed by atoms with E-state index >= 15 is 0 Å². The molecule has 2 amide bonds. The van der Waals surface area contributed by atoms with Crippen LogP contribution in [0.4, 0.5) is 5.69 Å². The van der Waals surface area contributed by atoms with Crippen molar-refractivity contribution in [2.45, 2.75) is 31.2 Å². The lowest BCUT2D eigenvalue weighted by Crippen LogP contribution is -2.44. The number of anilines is 1. The average Bonchev–Trinajstić information content (AvgIpc) is 3.10. The Kier molecular flexibility index (Phi) is 6.03.